The fraction of sp³-hybridized carbons (Fsp3) is 0.269. The third-order valence-electron chi connectivity index (χ3n) is 5.98. The fourth-order valence-electron chi connectivity index (χ4n) is 4.34. The second kappa shape index (κ2) is 8.72. The Kier molecular flexibility index (Phi) is 5.86. The molecule has 2 heterocycles. The molecule has 1 saturated heterocycles. The number of benzene rings is 2. The van der Waals surface area contributed by atoms with Crippen molar-refractivity contribution in [3.05, 3.63) is 102 Å². The Morgan fingerprint density at radius 1 is 0.967 bits per heavy atom. The summed E-state index contributed by atoms with van der Waals surface area (Å²) in [5.74, 6) is 1.51. The highest BCUT2D eigenvalue weighted by molar-refractivity contribution is 5.91. The highest BCUT2D eigenvalue weighted by Gasteiger charge is 2.41. The third kappa shape index (κ3) is 4.10. The van der Waals surface area contributed by atoms with Crippen molar-refractivity contribution >= 4 is 12.0 Å². The lowest BCUT2D eigenvalue weighted by Gasteiger charge is -2.42. The summed E-state index contributed by atoms with van der Waals surface area (Å²) in [5.41, 5.74) is 0.724. The van der Waals surface area contributed by atoms with Crippen molar-refractivity contribution < 1.29 is 14.3 Å². The quantitative estimate of drug-likeness (QED) is 0.626. The van der Waals surface area contributed by atoms with Crippen LogP contribution in [0.5, 0.6) is 0 Å². The molecule has 1 aromatic heterocycles. The van der Waals surface area contributed by atoms with E-state index in [1.165, 1.54) is 0 Å². The van der Waals surface area contributed by atoms with Gasteiger partial charge in [-0.15, -0.1) is 0 Å². The Bertz CT molecular complexity index is 960. The second-order valence-corrected chi connectivity index (χ2v) is 7.88. The average molecular weight is 402 g/mol. The van der Waals surface area contributed by atoms with Gasteiger partial charge in [0.1, 0.15) is 17.1 Å². The van der Waals surface area contributed by atoms with Gasteiger partial charge in [0.15, 0.2) is 0 Å². The van der Waals surface area contributed by atoms with Crippen LogP contribution in [0, 0.1) is 12.8 Å². The van der Waals surface area contributed by atoms with Crippen molar-refractivity contribution in [3.63, 3.8) is 0 Å². The Balaban J connectivity index is 1.49. The summed E-state index contributed by atoms with van der Waals surface area (Å²) < 4.78 is 5.49. The highest BCUT2D eigenvalue weighted by atomic mass is 16.3. The summed E-state index contributed by atoms with van der Waals surface area (Å²) in [7, 11) is 0. The van der Waals surface area contributed by atoms with Gasteiger partial charge in [0.05, 0.1) is 0 Å². The van der Waals surface area contributed by atoms with Crippen LogP contribution in [0.25, 0.3) is 6.08 Å². The zero-order valence-electron chi connectivity index (χ0n) is 17.2. The van der Waals surface area contributed by atoms with E-state index in [1.54, 1.807) is 12.2 Å². The van der Waals surface area contributed by atoms with E-state index >= 15 is 0 Å². The number of nitrogens with zero attached hydrogens (tertiary/aromatic N) is 1. The molecule has 4 heteroatoms. The minimum atomic E-state index is -1.07. The van der Waals surface area contributed by atoms with Crippen LogP contribution in [0.1, 0.15) is 35.5 Å². The maximum atomic E-state index is 12.6. The van der Waals surface area contributed by atoms with Crippen molar-refractivity contribution in [1.82, 2.24) is 4.90 Å². The molecule has 1 fully saturated rings. The van der Waals surface area contributed by atoms with Crippen LogP contribution in [0.3, 0.4) is 0 Å². The predicted octanol–water partition coefficient (Wildman–Crippen LogP) is 4.78. The van der Waals surface area contributed by atoms with Gasteiger partial charge in [-0.1, -0.05) is 60.7 Å². The number of hydrogen-bond acceptors (Lipinski definition) is 3. The number of amides is 1. The first kappa shape index (κ1) is 20.2. The van der Waals surface area contributed by atoms with E-state index in [0.717, 1.165) is 29.7 Å². The fourth-order valence-corrected chi connectivity index (χ4v) is 4.34. The number of carbonyl (C=O) groups excluding carboxylic acids is 1. The lowest BCUT2D eigenvalue weighted by Crippen LogP contribution is -2.45. The van der Waals surface area contributed by atoms with Crippen LogP contribution < -0.4 is 0 Å². The highest BCUT2D eigenvalue weighted by Crippen LogP contribution is 2.41. The zero-order chi connectivity index (χ0) is 21.0. The molecule has 0 aliphatic carbocycles. The van der Waals surface area contributed by atoms with Crippen LogP contribution >= 0.6 is 0 Å². The molecule has 30 heavy (non-hydrogen) atoms. The van der Waals surface area contributed by atoms with Crippen molar-refractivity contribution in [2.75, 3.05) is 13.1 Å². The van der Waals surface area contributed by atoms with Crippen LogP contribution in [-0.2, 0) is 10.4 Å². The van der Waals surface area contributed by atoms with E-state index < -0.39 is 5.60 Å². The second-order valence-electron chi connectivity index (χ2n) is 7.88. The molecule has 1 amide bonds. The van der Waals surface area contributed by atoms with Crippen LogP contribution in [0.4, 0.5) is 0 Å². The molecule has 0 bridgehead atoms. The van der Waals surface area contributed by atoms with Crippen LogP contribution in [-0.4, -0.2) is 29.0 Å². The van der Waals surface area contributed by atoms with Crippen molar-refractivity contribution in [2.24, 2.45) is 5.92 Å². The van der Waals surface area contributed by atoms with Gasteiger partial charge in [-0.3, -0.25) is 4.79 Å². The number of carbonyl (C=O) groups is 1. The summed E-state index contributed by atoms with van der Waals surface area (Å²) >= 11 is 0. The largest absolute Gasteiger partial charge is 0.462 e. The molecule has 2 aromatic carbocycles. The number of rotatable bonds is 5. The van der Waals surface area contributed by atoms with Crippen LogP contribution in [0.2, 0.25) is 0 Å². The SMILES string of the molecule is Cc1ccc(/C=C/C(=O)N2CCC(C(O)(c3ccccc3)c3ccccc3)CC2)o1. The first-order valence-electron chi connectivity index (χ1n) is 10.4. The molecule has 4 rings (SSSR count). The molecule has 4 nitrogen and oxygen atoms in total. The van der Waals surface area contributed by atoms with Gasteiger partial charge in [0.25, 0.3) is 0 Å². The van der Waals surface area contributed by atoms with Crippen molar-refractivity contribution in [1.29, 1.82) is 0 Å². The lowest BCUT2D eigenvalue weighted by molar-refractivity contribution is -0.128. The number of furan rings is 1. The third-order valence-corrected chi connectivity index (χ3v) is 5.98. The van der Waals surface area contributed by atoms with E-state index in [-0.39, 0.29) is 11.8 Å². The summed E-state index contributed by atoms with van der Waals surface area (Å²) in [6.45, 7) is 3.12. The Morgan fingerprint density at radius 2 is 1.53 bits per heavy atom. The van der Waals surface area contributed by atoms with Crippen molar-refractivity contribution in [2.45, 2.75) is 25.4 Å². The molecule has 154 valence electrons. The standard InChI is InChI=1S/C26H27NO3/c1-20-12-13-24(30-20)14-15-25(28)27-18-16-23(17-19-27)26(29,21-8-4-2-5-9-21)22-10-6-3-7-11-22/h2-15,23,29H,16-19H2,1H3/b15-14+. The minimum absolute atomic E-state index is 0.0227. The average Bonchev–Trinajstić information content (AvgIpc) is 3.23. The molecule has 1 N–H and O–H groups in total. The Morgan fingerprint density at radius 3 is 2.03 bits per heavy atom. The molecule has 0 atom stereocenters. The normalized spacial score (nSPS) is 15.6. The number of hydrogen-bond donors (Lipinski definition) is 1. The number of aliphatic hydroxyl groups is 1. The molecule has 0 unspecified atom stereocenters. The maximum Gasteiger partial charge on any atom is 0.246 e. The van der Waals surface area contributed by atoms with Crippen molar-refractivity contribution in [3.8, 4) is 0 Å². The van der Waals surface area contributed by atoms with E-state index in [2.05, 4.69) is 0 Å². The maximum absolute atomic E-state index is 12.6. The summed E-state index contributed by atoms with van der Waals surface area (Å²) in [6.07, 6.45) is 4.75. The van der Waals surface area contributed by atoms with Gasteiger partial charge in [0.2, 0.25) is 5.91 Å². The monoisotopic (exact) mass is 401 g/mol. The Labute approximate surface area is 177 Å². The summed E-state index contributed by atoms with van der Waals surface area (Å²) in [5, 5.41) is 11.9. The predicted molar refractivity (Wildman–Crippen MR) is 118 cm³/mol. The topological polar surface area (TPSA) is 53.7 Å². The van der Waals surface area contributed by atoms with Crippen LogP contribution in [0.15, 0.2) is 83.3 Å². The molecule has 0 radical (unpaired) electrons. The van der Waals surface area contributed by atoms with E-state index in [4.69, 9.17) is 4.42 Å². The van der Waals surface area contributed by atoms with Gasteiger partial charge in [-0.25, -0.2) is 0 Å². The first-order chi connectivity index (χ1) is 14.6. The zero-order valence-corrected chi connectivity index (χ0v) is 17.2. The number of piperidine rings is 1. The molecule has 0 saturated carbocycles. The number of likely N-dealkylation sites (tertiary alicyclic amines) is 1. The molecule has 0 spiro atoms. The lowest BCUT2D eigenvalue weighted by atomic mass is 9.72. The first-order valence-corrected chi connectivity index (χ1v) is 10.4. The van der Waals surface area contributed by atoms with E-state index in [9.17, 15) is 9.90 Å². The van der Waals surface area contributed by atoms with E-state index in [0.29, 0.717) is 18.8 Å². The van der Waals surface area contributed by atoms with E-state index in [1.807, 2.05) is 84.6 Å². The van der Waals surface area contributed by atoms with Gasteiger partial charge < -0.3 is 14.4 Å². The minimum Gasteiger partial charge on any atom is -0.462 e. The smallest absolute Gasteiger partial charge is 0.246 e. The summed E-state index contributed by atoms with van der Waals surface area (Å²) in [4.78, 5) is 14.5. The molecule has 1 aliphatic heterocycles. The van der Waals surface area contributed by atoms with Gasteiger partial charge in [-0.2, -0.15) is 0 Å². The Hall–Kier alpha value is -3.11. The molecule has 3 aromatic rings. The van der Waals surface area contributed by atoms with Gasteiger partial charge >= 0.3 is 0 Å². The molecular formula is C26H27NO3. The summed E-state index contributed by atoms with van der Waals surface area (Å²) in [6, 6.07) is 23.4. The molecular weight excluding hydrogens is 374 g/mol. The van der Waals surface area contributed by atoms with Gasteiger partial charge in [0, 0.05) is 19.2 Å². The molecule has 1 aliphatic rings. The number of aryl methyl sites for hydroxylation is 1. The van der Waals surface area contributed by atoms with Gasteiger partial charge in [-0.05, 0) is 55.0 Å².